The molecule has 3 aliphatic rings. The van der Waals surface area contributed by atoms with Gasteiger partial charge in [-0.2, -0.15) is 5.26 Å². The Hall–Kier alpha value is -2.31. The number of fused-ring (bicyclic) bond motifs is 2. The number of piperazine rings is 1. The summed E-state index contributed by atoms with van der Waals surface area (Å²) in [5, 5.41) is 10.0. The van der Waals surface area contributed by atoms with Crippen molar-refractivity contribution >= 4 is 37.1 Å². The number of hydrogen-bond acceptors (Lipinski definition) is 7. The summed E-state index contributed by atoms with van der Waals surface area (Å²) in [5.41, 5.74) is -0.369. The largest absolute Gasteiger partial charge is 0.454 e. The molecule has 0 spiro atoms. The van der Waals surface area contributed by atoms with Gasteiger partial charge in [-0.05, 0) is 31.5 Å². The Morgan fingerprint density at radius 2 is 1.97 bits per heavy atom. The fourth-order valence-corrected chi connectivity index (χ4v) is 5.44. The first kappa shape index (κ1) is 20.0. The number of carbonyl (C=O) groups is 2. The first-order chi connectivity index (χ1) is 13.6. The molecule has 3 heterocycles. The number of thiol groups is 2. The number of nitriles is 1. The minimum atomic E-state index is -1.46. The van der Waals surface area contributed by atoms with Crippen molar-refractivity contribution in [3.05, 3.63) is 36.4 Å². The third kappa shape index (κ3) is 2.58. The van der Waals surface area contributed by atoms with Crippen LogP contribution in [0.5, 0.6) is 11.5 Å². The van der Waals surface area contributed by atoms with Crippen LogP contribution < -0.4 is 9.47 Å². The number of hydrogen-bond donors (Lipinski definition) is 2. The van der Waals surface area contributed by atoms with Gasteiger partial charge in [0.1, 0.15) is 0 Å². The van der Waals surface area contributed by atoms with Gasteiger partial charge in [0.25, 0.3) is 11.8 Å². The average Bonchev–Trinajstić information content (AvgIpc) is 3.24. The molecule has 1 unspecified atom stereocenters. The zero-order valence-corrected chi connectivity index (χ0v) is 17.9. The van der Waals surface area contributed by atoms with E-state index in [1.807, 2.05) is 0 Å². The second-order valence-electron chi connectivity index (χ2n) is 7.94. The average molecular weight is 432 g/mol. The second-order valence-corrected chi connectivity index (χ2v) is 9.55. The molecule has 152 valence electrons. The van der Waals surface area contributed by atoms with Crippen LogP contribution in [-0.4, -0.2) is 44.7 Å². The summed E-state index contributed by atoms with van der Waals surface area (Å²) in [6, 6.07) is 6.91. The molecule has 0 aliphatic carbocycles. The van der Waals surface area contributed by atoms with Gasteiger partial charge >= 0.3 is 0 Å². The maximum absolute atomic E-state index is 13.6. The number of amides is 2. The van der Waals surface area contributed by atoms with Crippen LogP contribution in [0.15, 0.2) is 30.9 Å². The number of nitrogens with zero attached hydrogens (tertiary/aromatic N) is 3. The monoisotopic (exact) mass is 431 g/mol. The lowest BCUT2D eigenvalue weighted by molar-refractivity contribution is -0.164. The Morgan fingerprint density at radius 1 is 1.28 bits per heavy atom. The van der Waals surface area contributed by atoms with Crippen LogP contribution in [0.1, 0.15) is 31.9 Å². The summed E-state index contributed by atoms with van der Waals surface area (Å²) in [6.07, 6.45) is 1.63. The molecule has 3 aliphatic heterocycles. The van der Waals surface area contributed by atoms with Crippen molar-refractivity contribution in [2.75, 3.05) is 13.3 Å². The minimum absolute atomic E-state index is 0.0841. The molecule has 4 rings (SSSR count). The first-order valence-corrected chi connectivity index (χ1v) is 10.0. The standard InChI is InChI=1S/C20H21N3O4S2/c1-4-7-22-17(25)20(29)9-18(2,10-21)15(23(20)16(24)19(22,3)28)12-5-6-13-14(8-12)27-11-26-13/h4-6,8,15,28-29H,1,7,9,11H2,2-3H3/t15-,18+,19?,20-/m0/s1. The molecular formula is C20H21N3O4S2. The van der Waals surface area contributed by atoms with Crippen molar-refractivity contribution in [1.82, 2.24) is 9.80 Å². The molecule has 4 atom stereocenters. The van der Waals surface area contributed by atoms with Gasteiger partial charge < -0.3 is 19.3 Å². The van der Waals surface area contributed by atoms with E-state index >= 15 is 0 Å². The van der Waals surface area contributed by atoms with Gasteiger partial charge in [0.2, 0.25) is 6.79 Å². The molecule has 2 amide bonds. The third-order valence-corrected chi connectivity index (χ3v) is 6.89. The van der Waals surface area contributed by atoms with Crippen LogP contribution in [0.4, 0.5) is 0 Å². The molecule has 1 aromatic rings. The Kier molecular flexibility index (Phi) is 4.37. The van der Waals surface area contributed by atoms with E-state index < -0.39 is 21.2 Å². The van der Waals surface area contributed by atoms with Crippen molar-refractivity contribution in [3.8, 4) is 17.6 Å². The van der Waals surface area contributed by atoms with E-state index in [2.05, 4.69) is 37.9 Å². The highest BCUT2D eigenvalue weighted by Crippen LogP contribution is 2.60. The van der Waals surface area contributed by atoms with Crippen LogP contribution >= 0.6 is 25.3 Å². The summed E-state index contributed by atoms with van der Waals surface area (Å²) in [7, 11) is 0. The van der Waals surface area contributed by atoms with Crippen molar-refractivity contribution in [1.29, 1.82) is 5.26 Å². The number of ether oxygens (including phenoxy) is 2. The molecule has 29 heavy (non-hydrogen) atoms. The van der Waals surface area contributed by atoms with Gasteiger partial charge in [-0.15, -0.1) is 31.8 Å². The topological polar surface area (TPSA) is 82.9 Å². The minimum Gasteiger partial charge on any atom is -0.454 e. The van der Waals surface area contributed by atoms with Crippen molar-refractivity contribution in [3.63, 3.8) is 0 Å². The van der Waals surface area contributed by atoms with Crippen molar-refractivity contribution in [2.45, 2.75) is 36.1 Å². The molecule has 0 radical (unpaired) electrons. The van der Waals surface area contributed by atoms with E-state index in [1.165, 1.54) is 9.80 Å². The van der Waals surface area contributed by atoms with Gasteiger partial charge in [0.05, 0.1) is 17.5 Å². The van der Waals surface area contributed by atoms with E-state index in [9.17, 15) is 14.9 Å². The van der Waals surface area contributed by atoms with Crippen molar-refractivity contribution < 1.29 is 19.1 Å². The fourth-order valence-electron chi connectivity index (χ4n) is 4.50. The molecule has 0 bridgehead atoms. The lowest BCUT2D eigenvalue weighted by Gasteiger charge is -2.51. The summed E-state index contributed by atoms with van der Waals surface area (Å²) in [4.78, 5) is 27.0. The van der Waals surface area contributed by atoms with Crippen LogP contribution in [0.3, 0.4) is 0 Å². The van der Waals surface area contributed by atoms with E-state index in [0.29, 0.717) is 17.1 Å². The SMILES string of the molecule is C=CCN1C(=O)[C@@]2(S)C[C@](C)(C#N)[C@H](c3ccc4c(c3)OCO4)N2C(=O)C1(C)S. The summed E-state index contributed by atoms with van der Waals surface area (Å²) >= 11 is 9.22. The van der Waals surface area contributed by atoms with Gasteiger partial charge in [-0.25, -0.2) is 0 Å². The Labute approximate surface area is 180 Å². The number of benzene rings is 1. The molecule has 0 saturated carbocycles. The van der Waals surface area contributed by atoms with Gasteiger partial charge in [0, 0.05) is 13.0 Å². The van der Waals surface area contributed by atoms with Crippen LogP contribution in [0.2, 0.25) is 0 Å². The zero-order valence-electron chi connectivity index (χ0n) is 16.1. The zero-order chi connectivity index (χ0) is 21.2. The molecule has 2 saturated heterocycles. The van der Waals surface area contributed by atoms with Crippen molar-refractivity contribution in [2.24, 2.45) is 5.41 Å². The Bertz CT molecular complexity index is 975. The van der Waals surface area contributed by atoms with Crippen LogP contribution in [-0.2, 0) is 9.59 Å². The van der Waals surface area contributed by atoms with Gasteiger partial charge in [-0.3, -0.25) is 9.59 Å². The molecule has 0 N–H and O–H groups in total. The molecule has 7 nitrogen and oxygen atoms in total. The maximum atomic E-state index is 13.6. The number of rotatable bonds is 3. The van der Waals surface area contributed by atoms with Crippen LogP contribution in [0, 0.1) is 16.7 Å². The van der Waals surface area contributed by atoms with E-state index in [4.69, 9.17) is 9.47 Å². The normalized spacial score (nSPS) is 35.5. The number of carbonyl (C=O) groups excluding carboxylic acids is 2. The molecule has 2 fully saturated rings. The first-order valence-electron chi connectivity index (χ1n) is 9.12. The summed E-state index contributed by atoms with van der Waals surface area (Å²) in [5.74, 6) is 0.374. The lowest BCUT2D eigenvalue weighted by atomic mass is 9.79. The van der Waals surface area contributed by atoms with E-state index in [0.717, 1.165) is 0 Å². The molecular weight excluding hydrogens is 410 g/mol. The van der Waals surface area contributed by atoms with E-state index in [1.54, 1.807) is 38.1 Å². The van der Waals surface area contributed by atoms with E-state index in [-0.39, 0.29) is 31.6 Å². The Balaban J connectivity index is 1.89. The summed E-state index contributed by atoms with van der Waals surface area (Å²) in [6.45, 7) is 7.26. The van der Waals surface area contributed by atoms with Gasteiger partial charge in [-0.1, -0.05) is 12.1 Å². The summed E-state index contributed by atoms with van der Waals surface area (Å²) < 4.78 is 10.8. The highest BCUT2D eigenvalue weighted by atomic mass is 32.1. The Morgan fingerprint density at radius 3 is 2.62 bits per heavy atom. The maximum Gasteiger partial charge on any atom is 0.260 e. The fraction of sp³-hybridized carbons (Fsp3) is 0.450. The molecule has 1 aromatic carbocycles. The molecule has 9 heteroatoms. The lowest BCUT2D eigenvalue weighted by Crippen LogP contribution is -2.70. The highest BCUT2D eigenvalue weighted by molar-refractivity contribution is 7.83. The van der Waals surface area contributed by atoms with Gasteiger partial charge in [0.15, 0.2) is 21.2 Å². The quantitative estimate of drug-likeness (QED) is 0.568. The smallest absolute Gasteiger partial charge is 0.260 e. The predicted molar refractivity (Wildman–Crippen MR) is 112 cm³/mol. The third-order valence-electron chi connectivity index (χ3n) is 5.89. The predicted octanol–water partition coefficient (Wildman–Crippen LogP) is 2.52. The molecule has 0 aromatic heterocycles. The van der Waals surface area contributed by atoms with Crippen LogP contribution in [0.25, 0.3) is 0 Å². The highest BCUT2D eigenvalue weighted by Gasteiger charge is 2.69. The second kappa shape index (κ2) is 6.34.